The second kappa shape index (κ2) is 7.10. The summed E-state index contributed by atoms with van der Waals surface area (Å²) in [7, 11) is 0. The summed E-state index contributed by atoms with van der Waals surface area (Å²) in [5, 5.41) is 12.4. The zero-order chi connectivity index (χ0) is 17.0. The summed E-state index contributed by atoms with van der Waals surface area (Å²) in [6, 6.07) is 9.17. The molecule has 2 aromatic rings. The van der Waals surface area contributed by atoms with E-state index in [1.807, 2.05) is 30.3 Å². The maximum Gasteiger partial charge on any atom is 0.270 e. The third-order valence-corrected chi connectivity index (χ3v) is 3.74. The number of aliphatic hydroxyl groups excluding tert-OH is 1. The van der Waals surface area contributed by atoms with Crippen LogP contribution in [-0.4, -0.2) is 33.2 Å². The summed E-state index contributed by atoms with van der Waals surface area (Å²) >= 11 is 5.28. The molecule has 124 valence electrons. The minimum Gasteiger partial charge on any atom is -0.394 e. The van der Waals surface area contributed by atoms with E-state index >= 15 is 0 Å². The first-order valence-corrected chi connectivity index (χ1v) is 8.00. The predicted octanol–water partition coefficient (Wildman–Crippen LogP) is 3.06. The number of amides is 1. The van der Waals surface area contributed by atoms with Gasteiger partial charge < -0.3 is 15.4 Å². The number of rotatable bonds is 5. The zero-order valence-electron chi connectivity index (χ0n) is 13.7. The van der Waals surface area contributed by atoms with Crippen molar-refractivity contribution in [1.82, 2.24) is 14.9 Å². The van der Waals surface area contributed by atoms with Crippen molar-refractivity contribution in [2.45, 2.75) is 33.2 Å². The Balaban J connectivity index is 2.26. The van der Waals surface area contributed by atoms with E-state index in [1.54, 1.807) is 10.8 Å². The second-order valence-electron chi connectivity index (χ2n) is 6.77. The summed E-state index contributed by atoms with van der Waals surface area (Å²) in [6.07, 6.45) is 2.28. The first-order chi connectivity index (χ1) is 10.8. The molecular formula is C17H23N3O2S. The van der Waals surface area contributed by atoms with Crippen LogP contribution in [0.5, 0.6) is 0 Å². The van der Waals surface area contributed by atoms with Crippen LogP contribution in [0.1, 0.15) is 37.7 Å². The zero-order valence-corrected chi connectivity index (χ0v) is 14.5. The van der Waals surface area contributed by atoms with Gasteiger partial charge in [0.15, 0.2) is 4.77 Å². The van der Waals surface area contributed by atoms with Gasteiger partial charge in [-0.25, -0.2) is 0 Å². The van der Waals surface area contributed by atoms with E-state index in [0.29, 0.717) is 16.9 Å². The number of nitrogens with zero attached hydrogens (tertiary/aromatic N) is 1. The molecule has 0 aliphatic rings. The number of carbonyl (C=O) groups excluding carboxylic acids is 1. The first-order valence-electron chi connectivity index (χ1n) is 7.59. The van der Waals surface area contributed by atoms with E-state index in [2.05, 4.69) is 31.1 Å². The van der Waals surface area contributed by atoms with E-state index in [9.17, 15) is 9.90 Å². The highest BCUT2D eigenvalue weighted by atomic mass is 32.1. The van der Waals surface area contributed by atoms with Gasteiger partial charge in [0.2, 0.25) is 0 Å². The van der Waals surface area contributed by atoms with Gasteiger partial charge in [-0.05, 0) is 36.2 Å². The molecule has 0 bridgehead atoms. The van der Waals surface area contributed by atoms with Gasteiger partial charge in [-0.15, -0.1) is 0 Å². The molecule has 1 heterocycles. The third-order valence-electron chi connectivity index (χ3n) is 3.44. The Morgan fingerprint density at radius 3 is 2.57 bits per heavy atom. The highest BCUT2D eigenvalue weighted by molar-refractivity contribution is 7.71. The molecule has 5 nitrogen and oxygen atoms in total. The van der Waals surface area contributed by atoms with Crippen LogP contribution in [0, 0.1) is 10.2 Å². The van der Waals surface area contributed by atoms with Crippen LogP contribution < -0.4 is 5.32 Å². The summed E-state index contributed by atoms with van der Waals surface area (Å²) in [5.41, 5.74) is 1.26. The molecule has 1 unspecified atom stereocenters. The summed E-state index contributed by atoms with van der Waals surface area (Å²) in [4.78, 5) is 15.5. The first kappa shape index (κ1) is 17.4. The van der Waals surface area contributed by atoms with Gasteiger partial charge in [0.1, 0.15) is 5.69 Å². The number of imidazole rings is 1. The number of aromatic amines is 1. The molecule has 6 heteroatoms. The minimum absolute atomic E-state index is 0.0113. The van der Waals surface area contributed by atoms with E-state index in [-0.39, 0.29) is 24.0 Å². The quantitative estimate of drug-likeness (QED) is 0.737. The molecule has 23 heavy (non-hydrogen) atoms. The summed E-state index contributed by atoms with van der Waals surface area (Å²) in [5.74, 6) is -0.260. The van der Waals surface area contributed by atoms with E-state index in [4.69, 9.17) is 12.2 Å². The molecule has 2 rings (SSSR count). The number of hydrogen-bond acceptors (Lipinski definition) is 3. The number of carbonyl (C=O) groups is 1. The largest absolute Gasteiger partial charge is 0.394 e. The predicted molar refractivity (Wildman–Crippen MR) is 93.4 cm³/mol. The Kier molecular flexibility index (Phi) is 5.38. The molecule has 0 radical (unpaired) electrons. The van der Waals surface area contributed by atoms with Crippen molar-refractivity contribution in [1.29, 1.82) is 0 Å². The van der Waals surface area contributed by atoms with Crippen LogP contribution in [0.3, 0.4) is 0 Å². The standard InChI is InChI=1S/C17H23N3O2S/c1-17(2,3)9-12(11-21)19-15(22)14-10-18-16(23)20(14)13-7-5-4-6-8-13/h4-8,10,12,21H,9,11H2,1-3H3,(H,18,23)(H,19,22). The van der Waals surface area contributed by atoms with Gasteiger partial charge in [0.25, 0.3) is 5.91 Å². The molecule has 1 aromatic heterocycles. The molecule has 0 fully saturated rings. The molecule has 1 amide bonds. The average Bonchev–Trinajstić information content (AvgIpc) is 2.88. The second-order valence-corrected chi connectivity index (χ2v) is 7.15. The number of benzene rings is 1. The maximum atomic E-state index is 12.6. The van der Waals surface area contributed by atoms with Crippen molar-refractivity contribution in [2.24, 2.45) is 5.41 Å². The smallest absolute Gasteiger partial charge is 0.270 e. The van der Waals surface area contributed by atoms with Gasteiger partial charge >= 0.3 is 0 Å². The number of hydrogen-bond donors (Lipinski definition) is 3. The van der Waals surface area contributed by atoms with Crippen molar-refractivity contribution >= 4 is 18.1 Å². The fourth-order valence-corrected chi connectivity index (χ4v) is 2.79. The number of para-hydroxylation sites is 1. The fraction of sp³-hybridized carbons (Fsp3) is 0.412. The van der Waals surface area contributed by atoms with E-state index in [0.717, 1.165) is 5.69 Å². The Morgan fingerprint density at radius 1 is 1.35 bits per heavy atom. The topological polar surface area (TPSA) is 70.1 Å². The van der Waals surface area contributed by atoms with Gasteiger partial charge in [-0.1, -0.05) is 39.0 Å². The molecule has 3 N–H and O–H groups in total. The SMILES string of the molecule is CC(C)(C)CC(CO)NC(=O)c1c[nH]c(=S)n1-c1ccccc1. The number of aromatic nitrogens is 2. The number of aliphatic hydroxyl groups is 1. The molecule has 0 saturated carbocycles. The van der Waals surface area contributed by atoms with Crippen molar-refractivity contribution in [3.8, 4) is 5.69 Å². The molecule has 0 aliphatic heterocycles. The van der Waals surface area contributed by atoms with Crippen LogP contribution in [0.4, 0.5) is 0 Å². The van der Waals surface area contributed by atoms with Gasteiger partial charge in [-0.2, -0.15) is 0 Å². The highest BCUT2D eigenvalue weighted by Gasteiger charge is 2.22. The van der Waals surface area contributed by atoms with E-state index < -0.39 is 0 Å². The lowest BCUT2D eigenvalue weighted by atomic mass is 9.88. The Labute approximate surface area is 141 Å². The van der Waals surface area contributed by atoms with Gasteiger partial charge in [0.05, 0.1) is 12.6 Å². The molecular weight excluding hydrogens is 310 g/mol. The van der Waals surface area contributed by atoms with Crippen molar-refractivity contribution in [2.75, 3.05) is 6.61 Å². The Bertz CT molecular complexity index is 713. The lowest BCUT2D eigenvalue weighted by molar-refractivity contribution is 0.0890. The minimum atomic E-state index is -0.296. The monoisotopic (exact) mass is 333 g/mol. The molecule has 0 saturated heterocycles. The summed E-state index contributed by atoms with van der Waals surface area (Å²) < 4.78 is 2.15. The Hall–Kier alpha value is -1.92. The van der Waals surface area contributed by atoms with Crippen molar-refractivity contribution in [3.05, 3.63) is 47.0 Å². The van der Waals surface area contributed by atoms with E-state index in [1.165, 1.54) is 0 Å². The normalized spacial score (nSPS) is 12.9. The Morgan fingerprint density at radius 2 is 2.00 bits per heavy atom. The van der Waals surface area contributed by atoms with Crippen molar-refractivity contribution in [3.63, 3.8) is 0 Å². The van der Waals surface area contributed by atoms with Crippen LogP contribution in [0.25, 0.3) is 5.69 Å². The van der Waals surface area contributed by atoms with Crippen molar-refractivity contribution < 1.29 is 9.90 Å². The highest BCUT2D eigenvalue weighted by Crippen LogP contribution is 2.21. The lowest BCUT2D eigenvalue weighted by Crippen LogP contribution is -2.40. The fourth-order valence-electron chi connectivity index (χ4n) is 2.53. The summed E-state index contributed by atoms with van der Waals surface area (Å²) in [6.45, 7) is 6.12. The van der Waals surface area contributed by atoms with Gasteiger partial charge in [-0.3, -0.25) is 9.36 Å². The van der Waals surface area contributed by atoms with Crippen LogP contribution in [0.2, 0.25) is 0 Å². The van der Waals surface area contributed by atoms with Crippen LogP contribution in [-0.2, 0) is 0 Å². The number of H-pyrrole nitrogens is 1. The molecule has 0 aliphatic carbocycles. The molecule has 1 aromatic carbocycles. The average molecular weight is 333 g/mol. The third kappa shape index (κ3) is 4.53. The molecule has 1 atom stereocenters. The number of nitrogens with one attached hydrogen (secondary N) is 2. The van der Waals surface area contributed by atoms with Gasteiger partial charge in [0, 0.05) is 11.9 Å². The lowest BCUT2D eigenvalue weighted by Gasteiger charge is -2.25. The van der Waals surface area contributed by atoms with Crippen LogP contribution >= 0.6 is 12.2 Å². The van der Waals surface area contributed by atoms with Crippen LogP contribution in [0.15, 0.2) is 36.5 Å². The molecule has 0 spiro atoms. The maximum absolute atomic E-state index is 12.6.